The van der Waals surface area contributed by atoms with E-state index in [0.717, 1.165) is 30.3 Å². The summed E-state index contributed by atoms with van der Waals surface area (Å²) in [5, 5.41) is 5.26. The molecule has 0 atom stereocenters. The monoisotopic (exact) mass is 381 g/mol. The van der Waals surface area contributed by atoms with Gasteiger partial charge in [0.25, 0.3) is 0 Å². The number of piperidine rings is 1. The summed E-state index contributed by atoms with van der Waals surface area (Å²) in [6, 6.07) is 15.0. The van der Waals surface area contributed by atoms with Crippen LogP contribution in [-0.4, -0.2) is 32.0 Å². The minimum atomic E-state index is -0.686. The minimum absolute atomic E-state index is 0.225. The van der Waals surface area contributed by atoms with Crippen molar-refractivity contribution in [2.24, 2.45) is 5.92 Å². The molecule has 0 aromatic heterocycles. The molecule has 148 valence electrons. The summed E-state index contributed by atoms with van der Waals surface area (Å²) in [4.78, 5) is 26.6. The highest BCUT2D eigenvalue weighted by Gasteiger charge is 2.17. The maximum Gasteiger partial charge on any atom is 0.313 e. The lowest BCUT2D eigenvalue weighted by atomic mass is 9.99. The second-order valence-corrected chi connectivity index (χ2v) is 7.17. The van der Waals surface area contributed by atoms with Crippen molar-refractivity contribution in [1.82, 2.24) is 5.32 Å². The largest absolute Gasteiger partial charge is 0.496 e. The molecule has 2 aromatic rings. The molecule has 1 heterocycles. The van der Waals surface area contributed by atoms with Gasteiger partial charge in [-0.15, -0.1) is 0 Å². The molecule has 3 rings (SSSR count). The maximum atomic E-state index is 12.1. The maximum absolute atomic E-state index is 12.1. The van der Waals surface area contributed by atoms with E-state index in [0.29, 0.717) is 11.4 Å². The van der Waals surface area contributed by atoms with Gasteiger partial charge in [-0.3, -0.25) is 9.59 Å². The third-order valence-corrected chi connectivity index (χ3v) is 5.11. The Hall–Kier alpha value is -3.02. The Morgan fingerprint density at radius 3 is 2.39 bits per heavy atom. The van der Waals surface area contributed by atoms with Crippen LogP contribution >= 0.6 is 0 Å². The van der Waals surface area contributed by atoms with E-state index in [-0.39, 0.29) is 6.54 Å². The quantitative estimate of drug-likeness (QED) is 0.781. The van der Waals surface area contributed by atoms with Crippen molar-refractivity contribution in [3.05, 3.63) is 54.1 Å². The normalized spacial score (nSPS) is 14.4. The smallest absolute Gasteiger partial charge is 0.313 e. The number of carbonyl (C=O) groups is 2. The number of benzene rings is 2. The molecule has 2 amide bonds. The molecule has 0 aliphatic carbocycles. The van der Waals surface area contributed by atoms with Gasteiger partial charge in [-0.25, -0.2) is 0 Å². The summed E-state index contributed by atoms with van der Waals surface area (Å²) in [5.74, 6) is 0.0875. The van der Waals surface area contributed by atoms with E-state index in [1.165, 1.54) is 12.8 Å². The minimum Gasteiger partial charge on any atom is -0.496 e. The van der Waals surface area contributed by atoms with Crippen molar-refractivity contribution < 1.29 is 14.3 Å². The van der Waals surface area contributed by atoms with Gasteiger partial charge >= 0.3 is 11.8 Å². The molecule has 6 heteroatoms. The fourth-order valence-electron chi connectivity index (χ4n) is 3.32. The molecule has 1 saturated heterocycles. The molecule has 28 heavy (non-hydrogen) atoms. The Morgan fingerprint density at radius 2 is 1.71 bits per heavy atom. The van der Waals surface area contributed by atoms with E-state index in [1.807, 2.05) is 48.5 Å². The lowest BCUT2D eigenvalue weighted by molar-refractivity contribution is -0.136. The van der Waals surface area contributed by atoms with Gasteiger partial charge in [0.05, 0.1) is 7.11 Å². The van der Waals surface area contributed by atoms with Crippen molar-refractivity contribution >= 4 is 23.2 Å². The second kappa shape index (κ2) is 9.26. The van der Waals surface area contributed by atoms with Gasteiger partial charge in [-0.1, -0.05) is 25.1 Å². The van der Waals surface area contributed by atoms with E-state index in [2.05, 4.69) is 22.5 Å². The van der Waals surface area contributed by atoms with Crippen molar-refractivity contribution in [1.29, 1.82) is 0 Å². The van der Waals surface area contributed by atoms with Crippen LogP contribution in [-0.2, 0) is 16.1 Å². The molecule has 2 N–H and O–H groups in total. The Balaban J connectivity index is 1.51. The van der Waals surface area contributed by atoms with E-state index in [9.17, 15) is 9.59 Å². The molecule has 0 bridgehead atoms. The number of nitrogens with zero attached hydrogens (tertiary/aromatic N) is 1. The van der Waals surface area contributed by atoms with E-state index in [4.69, 9.17) is 4.74 Å². The Labute approximate surface area is 165 Å². The number of carbonyl (C=O) groups excluding carboxylic acids is 2. The summed E-state index contributed by atoms with van der Waals surface area (Å²) in [6.07, 6.45) is 2.40. The molecular weight excluding hydrogens is 354 g/mol. The van der Waals surface area contributed by atoms with Crippen LogP contribution in [0.25, 0.3) is 0 Å². The number of para-hydroxylation sites is 1. The molecule has 0 spiro atoms. The number of methoxy groups -OCH3 is 1. The van der Waals surface area contributed by atoms with Crippen LogP contribution < -0.4 is 20.3 Å². The summed E-state index contributed by atoms with van der Waals surface area (Å²) in [5.41, 5.74) is 2.56. The van der Waals surface area contributed by atoms with E-state index >= 15 is 0 Å². The second-order valence-electron chi connectivity index (χ2n) is 7.17. The highest BCUT2D eigenvalue weighted by molar-refractivity contribution is 6.39. The van der Waals surface area contributed by atoms with Gasteiger partial charge in [0, 0.05) is 36.6 Å². The SMILES string of the molecule is COc1ccccc1CNC(=O)C(=O)Nc1ccc(N2CCC(C)CC2)cc1. The van der Waals surface area contributed by atoms with E-state index in [1.54, 1.807) is 7.11 Å². The summed E-state index contributed by atoms with van der Waals surface area (Å²) >= 11 is 0. The highest BCUT2D eigenvalue weighted by atomic mass is 16.5. The first-order valence-electron chi connectivity index (χ1n) is 9.63. The van der Waals surface area contributed by atoms with Crippen LogP contribution in [0.5, 0.6) is 5.75 Å². The van der Waals surface area contributed by atoms with E-state index < -0.39 is 11.8 Å². The summed E-state index contributed by atoms with van der Waals surface area (Å²) in [6.45, 7) is 4.62. The zero-order valence-electron chi connectivity index (χ0n) is 16.4. The summed E-state index contributed by atoms with van der Waals surface area (Å²) < 4.78 is 5.24. The standard InChI is InChI=1S/C22H27N3O3/c1-16-11-13-25(14-12-16)19-9-7-18(8-10-19)24-22(27)21(26)23-15-17-5-3-4-6-20(17)28-2/h3-10,16H,11-15H2,1-2H3,(H,23,26)(H,24,27). The molecule has 0 saturated carbocycles. The lowest BCUT2D eigenvalue weighted by Gasteiger charge is -2.32. The Morgan fingerprint density at radius 1 is 1.04 bits per heavy atom. The Bertz CT molecular complexity index is 812. The van der Waals surface area contributed by atoms with Crippen LogP contribution in [0.4, 0.5) is 11.4 Å². The zero-order valence-corrected chi connectivity index (χ0v) is 16.4. The average molecular weight is 381 g/mol. The van der Waals surface area contributed by atoms with Crippen molar-refractivity contribution in [3.63, 3.8) is 0 Å². The lowest BCUT2D eigenvalue weighted by Crippen LogP contribution is -2.35. The summed E-state index contributed by atoms with van der Waals surface area (Å²) in [7, 11) is 1.57. The zero-order chi connectivity index (χ0) is 19.9. The molecule has 1 aliphatic rings. The van der Waals surface area contributed by atoms with Crippen LogP contribution in [0.1, 0.15) is 25.3 Å². The molecule has 6 nitrogen and oxygen atoms in total. The van der Waals surface area contributed by atoms with Crippen LogP contribution in [0.3, 0.4) is 0 Å². The van der Waals surface area contributed by atoms with Crippen molar-refractivity contribution in [2.45, 2.75) is 26.3 Å². The van der Waals surface area contributed by atoms with Gasteiger partial charge in [0.2, 0.25) is 0 Å². The molecular formula is C22H27N3O3. The topological polar surface area (TPSA) is 70.7 Å². The number of amides is 2. The first-order valence-corrected chi connectivity index (χ1v) is 9.63. The molecule has 1 fully saturated rings. The number of rotatable bonds is 5. The predicted molar refractivity (Wildman–Crippen MR) is 111 cm³/mol. The van der Waals surface area contributed by atoms with Crippen LogP contribution in [0, 0.1) is 5.92 Å². The van der Waals surface area contributed by atoms with Gasteiger partial charge in [0.1, 0.15) is 5.75 Å². The highest BCUT2D eigenvalue weighted by Crippen LogP contribution is 2.24. The molecule has 0 radical (unpaired) electrons. The van der Waals surface area contributed by atoms with Crippen LogP contribution in [0.15, 0.2) is 48.5 Å². The first-order chi connectivity index (χ1) is 13.6. The number of hydrogen-bond acceptors (Lipinski definition) is 4. The average Bonchev–Trinajstić information content (AvgIpc) is 2.73. The van der Waals surface area contributed by atoms with Gasteiger partial charge in [-0.05, 0) is 49.1 Å². The molecule has 1 aliphatic heterocycles. The van der Waals surface area contributed by atoms with Crippen LogP contribution in [0.2, 0.25) is 0 Å². The van der Waals surface area contributed by atoms with Crippen molar-refractivity contribution in [3.8, 4) is 5.75 Å². The fraction of sp³-hybridized carbons (Fsp3) is 0.364. The Kier molecular flexibility index (Phi) is 6.53. The molecule has 2 aromatic carbocycles. The number of anilines is 2. The third-order valence-electron chi connectivity index (χ3n) is 5.11. The van der Waals surface area contributed by atoms with Gasteiger partial charge < -0.3 is 20.3 Å². The number of hydrogen-bond donors (Lipinski definition) is 2. The van der Waals surface area contributed by atoms with Crippen molar-refractivity contribution in [2.75, 3.05) is 30.4 Å². The first kappa shape index (κ1) is 19.7. The number of ether oxygens (including phenoxy) is 1. The number of nitrogens with one attached hydrogen (secondary N) is 2. The predicted octanol–water partition coefficient (Wildman–Crippen LogP) is 3.19. The third kappa shape index (κ3) is 5.03. The van der Waals surface area contributed by atoms with Gasteiger partial charge in [0.15, 0.2) is 0 Å². The molecule has 0 unspecified atom stereocenters. The fourth-order valence-corrected chi connectivity index (χ4v) is 3.32. The van der Waals surface area contributed by atoms with Gasteiger partial charge in [-0.2, -0.15) is 0 Å².